The Morgan fingerprint density at radius 2 is 1.85 bits per heavy atom. The van der Waals surface area contributed by atoms with E-state index in [0.29, 0.717) is 25.3 Å². The van der Waals surface area contributed by atoms with Crippen LogP contribution in [-0.4, -0.2) is 62.6 Å². The predicted molar refractivity (Wildman–Crippen MR) is 102 cm³/mol. The van der Waals surface area contributed by atoms with Crippen molar-refractivity contribution < 1.29 is 14.3 Å². The maximum atomic E-state index is 11.8. The number of hydrogen-bond acceptors (Lipinski definition) is 4. The minimum atomic E-state index is -0.0799. The standard InChI is InChI=1S/C19H34N4O3/c1-20-17(24)14-15-9-12-23(13-10-15)19(21-2)22-11-5-8-18(25)26-16-6-3-4-7-16/h15-16H,3-14H2,1-2H3,(H,20,24)(H,21,22). The van der Waals surface area contributed by atoms with E-state index >= 15 is 0 Å². The molecule has 0 unspecified atom stereocenters. The predicted octanol–water partition coefficient (Wildman–Crippen LogP) is 1.68. The first-order chi connectivity index (χ1) is 12.6. The van der Waals surface area contributed by atoms with Crippen molar-refractivity contribution >= 4 is 17.8 Å². The third kappa shape index (κ3) is 6.84. The number of aliphatic imine (C=N–C) groups is 1. The number of piperidine rings is 1. The lowest BCUT2D eigenvalue weighted by atomic mass is 9.93. The number of nitrogens with zero attached hydrogens (tertiary/aromatic N) is 2. The maximum Gasteiger partial charge on any atom is 0.306 e. The number of ether oxygens (including phenoxy) is 1. The van der Waals surface area contributed by atoms with Crippen LogP contribution in [0, 0.1) is 5.92 Å². The van der Waals surface area contributed by atoms with Gasteiger partial charge < -0.3 is 20.3 Å². The van der Waals surface area contributed by atoms with Crippen molar-refractivity contribution in [2.75, 3.05) is 33.7 Å². The lowest BCUT2D eigenvalue weighted by molar-refractivity contribution is -0.148. The normalized spacial score (nSPS) is 19.5. The van der Waals surface area contributed by atoms with Crippen molar-refractivity contribution in [2.45, 2.75) is 63.9 Å². The SMILES string of the molecule is CN=C(NCCCC(=O)OC1CCCC1)N1CCC(CC(=O)NC)CC1. The lowest BCUT2D eigenvalue weighted by Crippen LogP contribution is -2.46. The number of likely N-dealkylation sites (tertiary alicyclic amines) is 1. The maximum absolute atomic E-state index is 11.8. The van der Waals surface area contributed by atoms with Crippen molar-refractivity contribution in [1.82, 2.24) is 15.5 Å². The summed E-state index contributed by atoms with van der Waals surface area (Å²) in [5.41, 5.74) is 0. The molecule has 1 amide bonds. The van der Waals surface area contributed by atoms with Crippen LogP contribution in [0.4, 0.5) is 0 Å². The molecule has 0 aromatic carbocycles. The first kappa shape index (κ1) is 20.5. The van der Waals surface area contributed by atoms with Gasteiger partial charge in [-0.2, -0.15) is 0 Å². The number of nitrogens with one attached hydrogen (secondary N) is 2. The summed E-state index contributed by atoms with van der Waals surface area (Å²) in [7, 11) is 3.47. The molecule has 0 radical (unpaired) electrons. The van der Waals surface area contributed by atoms with Crippen LogP contribution < -0.4 is 10.6 Å². The minimum absolute atomic E-state index is 0.0799. The molecule has 0 aromatic heterocycles. The highest BCUT2D eigenvalue weighted by Gasteiger charge is 2.23. The second-order valence-corrected chi connectivity index (χ2v) is 7.28. The summed E-state index contributed by atoms with van der Waals surface area (Å²) in [6.45, 7) is 2.53. The number of hydrogen-bond donors (Lipinski definition) is 2. The summed E-state index contributed by atoms with van der Waals surface area (Å²) < 4.78 is 5.47. The van der Waals surface area contributed by atoms with E-state index in [9.17, 15) is 9.59 Å². The van der Waals surface area contributed by atoms with Gasteiger partial charge in [0.05, 0.1) is 0 Å². The molecule has 1 saturated heterocycles. The Labute approximate surface area is 156 Å². The van der Waals surface area contributed by atoms with Crippen LogP contribution >= 0.6 is 0 Å². The molecule has 0 spiro atoms. The van der Waals surface area contributed by atoms with Gasteiger partial charge in [-0.25, -0.2) is 0 Å². The molecule has 0 atom stereocenters. The van der Waals surface area contributed by atoms with Crippen LogP contribution in [0.15, 0.2) is 4.99 Å². The van der Waals surface area contributed by atoms with Crippen LogP contribution in [0.25, 0.3) is 0 Å². The van der Waals surface area contributed by atoms with Gasteiger partial charge in [0.15, 0.2) is 5.96 Å². The molecule has 2 rings (SSSR count). The summed E-state index contributed by atoms with van der Waals surface area (Å²) >= 11 is 0. The van der Waals surface area contributed by atoms with Gasteiger partial charge in [0.2, 0.25) is 5.91 Å². The van der Waals surface area contributed by atoms with E-state index in [1.54, 1.807) is 14.1 Å². The second-order valence-electron chi connectivity index (χ2n) is 7.28. The monoisotopic (exact) mass is 366 g/mol. The largest absolute Gasteiger partial charge is 0.462 e. The van der Waals surface area contributed by atoms with Gasteiger partial charge in [0.1, 0.15) is 6.10 Å². The Kier molecular flexibility index (Phi) is 8.71. The molecule has 1 heterocycles. The Bertz CT molecular complexity index is 481. The number of amides is 1. The number of carbonyl (C=O) groups is 2. The zero-order chi connectivity index (χ0) is 18.8. The molecule has 7 heteroatoms. The summed E-state index contributed by atoms with van der Waals surface area (Å²) in [4.78, 5) is 29.9. The highest BCUT2D eigenvalue weighted by atomic mass is 16.5. The van der Waals surface area contributed by atoms with E-state index in [4.69, 9.17) is 4.74 Å². The molecular formula is C19H34N4O3. The Hall–Kier alpha value is -1.79. The van der Waals surface area contributed by atoms with E-state index in [1.165, 1.54) is 12.8 Å². The summed E-state index contributed by atoms with van der Waals surface area (Å²) in [6, 6.07) is 0. The molecule has 1 aliphatic heterocycles. The van der Waals surface area contributed by atoms with Crippen molar-refractivity contribution in [2.24, 2.45) is 10.9 Å². The smallest absolute Gasteiger partial charge is 0.306 e. The van der Waals surface area contributed by atoms with Gasteiger partial charge in [-0.15, -0.1) is 0 Å². The fraction of sp³-hybridized carbons (Fsp3) is 0.842. The van der Waals surface area contributed by atoms with Gasteiger partial charge in [0, 0.05) is 46.6 Å². The van der Waals surface area contributed by atoms with Crippen LogP contribution in [0.3, 0.4) is 0 Å². The average molecular weight is 367 g/mol. The van der Waals surface area contributed by atoms with Crippen LogP contribution in [0.1, 0.15) is 57.8 Å². The van der Waals surface area contributed by atoms with Gasteiger partial charge in [-0.1, -0.05) is 0 Å². The summed E-state index contributed by atoms with van der Waals surface area (Å²) in [6.07, 6.45) is 8.36. The fourth-order valence-electron chi connectivity index (χ4n) is 3.73. The third-order valence-electron chi connectivity index (χ3n) is 5.32. The molecule has 148 valence electrons. The molecule has 1 aliphatic carbocycles. The molecular weight excluding hydrogens is 332 g/mol. The van der Waals surface area contributed by atoms with Crippen LogP contribution in [-0.2, 0) is 14.3 Å². The molecule has 2 aliphatic rings. The summed E-state index contributed by atoms with van der Waals surface area (Å²) in [5, 5.41) is 6.04. The number of esters is 1. The Morgan fingerprint density at radius 3 is 2.46 bits per heavy atom. The Balaban J connectivity index is 1.60. The molecule has 26 heavy (non-hydrogen) atoms. The van der Waals surface area contributed by atoms with E-state index in [0.717, 1.165) is 51.2 Å². The Morgan fingerprint density at radius 1 is 1.15 bits per heavy atom. The molecule has 2 N–H and O–H groups in total. The fourth-order valence-corrected chi connectivity index (χ4v) is 3.73. The lowest BCUT2D eigenvalue weighted by Gasteiger charge is -2.34. The van der Waals surface area contributed by atoms with Gasteiger partial charge in [-0.3, -0.25) is 14.6 Å². The number of rotatable bonds is 7. The van der Waals surface area contributed by atoms with E-state index in [-0.39, 0.29) is 18.0 Å². The average Bonchev–Trinajstić information content (AvgIpc) is 3.15. The van der Waals surface area contributed by atoms with Crippen molar-refractivity contribution in [1.29, 1.82) is 0 Å². The molecule has 0 bridgehead atoms. The highest BCUT2D eigenvalue weighted by molar-refractivity contribution is 5.80. The highest BCUT2D eigenvalue weighted by Crippen LogP contribution is 2.22. The number of guanidine groups is 1. The second kappa shape index (κ2) is 11.0. The number of carbonyl (C=O) groups excluding carboxylic acids is 2. The third-order valence-corrected chi connectivity index (χ3v) is 5.32. The quantitative estimate of drug-likeness (QED) is 0.310. The van der Waals surface area contributed by atoms with E-state index in [2.05, 4.69) is 20.5 Å². The van der Waals surface area contributed by atoms with Crippen LogP contribution in [0.5, 0.6) is 0 Å². The summed E-state index contributed by atoms with van der Waals surface area (Å²) in [5.74, 6) is 1.38. The van der Waals surface area contributed by atoms with Gasteiger partial charge in [0.25, 0.3) is 0 Å². The van der Waals surface area contributed by atoms with Gasteiger partial charge in [-0.05, 0) is 50.9 Å². The first-order valence-electron chi connectivity index (χ1n) is 9.98. The van der Waals surface area contributed by atoms with E-state index < -0.39 is 0 Å². The van der Waals surface area contributed by atoms with Crippen LogP contribution in [0.2, 0.25) is 0 Å². The zero-order valence-electron chi connectivity index (χ0n) is 16.3. The topological polar surface area (TPSA) is 83.0 Å². The van der Waals surface area contributed by atoms with Crippen molar-refractivity contribution in [3.63, 3.8) is 0 Å². The van der Waals surface area contributed by atoms with Crippen molar-refractivity contribution in [3.05, 3.63) is 0 Å². The first-order valence-corrected chi connectivity index (χ1v) is 9.98. The van der Waals surface area contributed by atoms with Gasteiger partial charge >= 0.3 is 5.97 Å². The molecule has 0 aromatic rings. The van der Waals surface area contributed by atoms with E-state index in [1.807, 2.05) is 0 Å². The van der Waals surface area contributed by atoms with Crippen molar-refractivity contribution in [3.8, 4) is 0 Å². The molecule has 2 fully saturated rings. The molecule has 1 saturated carbocycles. The molecule has 7 nitrogen and oxygen atoms in total. The zero-order valence-corrected chi connectivity index (χ0v) is 16.3. The minimum Gasteiger partial charge on any atom is -0.462 e.